The SMILES string of the molecule is O=C(O)c1ccc(CN2C(=O)CC3(CCCC3)C2=O)cn1. The minimum Gasteiger partial charge on any atom is -0.477 e. The molecule has 6 heteroatoms. The number of carbonyl (C=O) groups excluding carboxylic acids is 2. The fourth-order valence-electron chi connectivity index (χ4n) is 3.29. The predicted molar refractivity (Wildman–Crippen MR) is 72.3 cm³/mol. The minimum atomic E-state index is -1.10. The number of pyridine rings is 1. The molecule has 1 aliphatic carbocycles. The number of carboxylic acids is 1. The Kier molecular flexibility index (Phi) is 3.23. The second-order valence-corrected chi connectivity index (χ2v) is 5.81. The molecule has 110 valence electrons. The molecule has 0 aromatic carbocycles. The molecule has 6 nitrogen and oxygen atoms in total. The number of carboxylic acid groups (broad SMARTS) is 1. The van der Waals surface area contributed by atoms with Crippen LogP contribution in [-0.4, -0.2) is 32.8 Å². The summed E-state index contributed by atoms with van der Waals surface area (Å²) in [5, 5.41) is 8.80. The van der Waals surface area contributed by atoms with Gasteiger partial charge in [0.2, 0.25) is 11.8 Å². The zero-order valence-electron chi connectivity index (χ0n) is 11.5. The molecule has 3 rings (SSSR count). The van der Waals surface area contributed by atoms with Crippen LogP contribution in [0.4, 0.5) is 0 Å². The Morgan fingerprint density at radius 2 is 2.00 bits per heavy atom. The third-order valence-electron chi connectivity index (χ3n) is 4.43. The molecular formula is C15H16N2O4. The number of aromatic carboxylic acids is 1. The van der Waals surface area contributed by atoms with E-state index in [0.29, 0.717) is 12.0 Å². The van der Waals surface area contributed by atoms with Gasteiger partial charge >= 0.3 is 5.97 Å². The standard InChI is InChI=1S/C15H16N2O4/c18-12-7-15(5-1-2-6-15)14(21)17(12)9-10-3-4-11(13(19)20)16-8-10/h3-4,8H,1-2,5-7,9H2,(H,19,20). The molecule has 1 spiro atoms. The lowest BCUT2D eigenvalue weighted by Crippen LogP contribution is -2.34. The van der Waals surface area contributed by atoms with Gasteiger partial charge < -0.3 is 5.11 Å². The Hall–Kier alpha value is -2.24. The Bertz CT molecular complexity index is 603. The lowest BCUT2D eigenvalue weighted by atomic mass is 9.84. The first-order chi connectivity index (χ1) is 10.0. The molecule has 1 aromatic rings. The largest absolute Gasteiger partial charge is 0.477 e. The molecule has 0 atom stereocenters. The van der Waals surface area contributed by atoms with E-state index in [4.69, 9.17) is 5.11 Å². The molecule has 0 unspecified atom stereocenters. The van der Waals surface area contributed by atoms with E-state index in [1.165, 1.54) is 17.2 Å². The van der Waals surface area contributed by atoms with Gasteiger partial charge in [-0.3, -0.25) is 14.5 Å². The molecule has 0 bridgehead atoms. The molecule has 1 saturated carbocycles. The predicted octanol–water partition coefficient (Wildman–Crippen LogP) is 1.60. The van der Waals surface area contributed by atoms with Crippen molar-refractivity contribution in [2.45, 2.75) is 38.6 Å². The summed E-state index contributed by atoms with van der Waals surface area (Å²) in [5.74, 6) is -1.31. The highest BCUT2D eigenvalue weighted by atomic mass is 16.4. The maximum absolute atomic E-state index is 12.5. The van der Waals surface area contributed by atoms with Crippen LogP contribution in [0, 0.1) is 5.41 Å². The van der Waals surface area contributed by atoms with Crippen molar-refractivity contribution in [3.63, 3.8) is 0 Å². The fourth-order valence-corrected chi connectivity index (χ4v) is 3.29. The Morgan fingerprint density at radius 1 is 1.29 bits per heavy atom. The number of aromatic nitrogens is 1. The Labute approximate surface area is 121 Å². The van der Waals surface area contributed by atoms with Crippen LogP contribution >= 0.6 is 0 Å². The van der Waals surface area contributed by atoms with Crippen LogP contribution in [-0.2, 0) is 16.1 Å². The van der Waals surface area contributed by atoms with Crippen LogP contribution in [0.2, 0.25) is 0 Å². The first kappa shape index (κ1) is 13.7. The van der Waals surface area contributed by atoms with Crippen LogP contribution in [0.1, 0.15) is 48.2 Å². The van der Waals surface area contributed by atoms with Gasteiger partial charge in [0.15, 0.2) is 0 Å². The van der Waals surface area contributed by atoms with Crippen molar-refractivity contribution in [2.24, 2.45) is 5.41 Å². The van der Waals surface area contributed by atoms with Gasteiger partial charge in [-0.1, -0.05) is 18.9 Å². The van der Waals surface area contributed by atoms with Crippen LogP contribution < -0.4 is 0 Å². The summed E-state index contributed by atoms with van der Waals surface area (Å²) in [6.07, 6.45) is 5.31. The topological polar surface area (TPSA) is 87.6 Å². The van der Waals surface area contributed by atoms with E-state index in [1.807, 2.05) is 0 Å². The smallest absolute Gasteiger partial charge is 0.354 e. The number of hydrogen-bond acceptors (Lipinski definition) is 4. The van der Waals surface area contributed by atoms with Gasteiger partial charge in [0, 0.05) is 12.6 Å². The number of carbonyl (C=O) groups is 3. The quantitative estimate of drug-likeness (QED) is 0.853. The molecular weight excluding hydrogens is 272 g/mol. The summed E-state index contributed by atoms with van der Waals surface area (Å²) in [6.45, 7) is 0.173. The molecule has 2 heterocycles. The summed E-state index contributed by atoms with van der Waals surface area (Å²) < 4.78 is 0. The molecule has 1 aliphatic heterocycles. The van der Waals surface area contributed by atoms with Crippen LogP contribution in [0.3, 0.4) is 0 Å². The fraction of sp³-hybridized carbons (Fsp3) is 0.467. The van der Waals surface area contributed by atoms with Gasteiger partial charge in [-0.15, -0.1) is 0 Å². The van der Waals surface area contributed by atoms with Gasteiger partial charge in [-0.05, 0) is 24.5 Å². The summed E-state index contributed by atoms with van der Waals surface area (Å²) >= 11 is 0. The number of nitrogens with zero attached hydrogens (tertiary/aromatic N) is 2. The van der Waals surface area contributed by atoms with E-state index in [1.54, 1.807) is 6.07 Å². The Morgan fingerprint density at radius 3 is 2.57 bits per heavy atom. The van der Waals surface area contributed by atoms with Crippen molar-refractivity contribution in [1.82, 2.24) is 9.88 Å². The van der Waals surface area contributed by atoms with Gasteiger partial charge in [0.05, 0.1) is 12.0 Å². The summed E-state index contributed by atoms with van der Waals surface area (Å²) in [6, 6.07) is 2.98. The summed E-state index contributed by atoms with van der Waals surface area (Å²) in [4.78, 5) is 40.5. The lowest BCUT2D eigenvalue weighted by Gasteiger charge is -2.20. The molecule has 1 N–H and O–H groups in total. The average Bonchev–Trinajstić information content (AvgIpc) is 3.01. The highest BCUT2D eigenvalue weighted by Gasteiger charge is 2.52. The van der Waals surface area contributed by atoms with E-state index >= 15 is 0 Å². The summed E-state index contributed by atoms with van der Waals surface area (Å²) in [7, 11) is 0. The molecule has 1 saturated heterocycles. The van der Waals surface area contributed by atoms with Gasteiger partial charge in [-0.25, -0.2) is 9.78 Å². The highest BCUT2D eigenvalue weighted by molar-refractivity contribution is 6.06. The van der Waals surface area contributed by atoms with E-state index in [2.05, 4.69) is 4.98 Å². The maximum atomic E-state index is 12.5. The number of imide groups is 1. The van der Waals surface area contributed by atoms with Crippen molar-refractivity contribution < 1.29 is 19.5 Å². The van der Waals surface area contributed by atoms with Crippen molar-refractivity contribution in [3.05, 3.63) is 29.6 Å². The van der Waals surface area contributed by atoms with E-state index in [-0.39, 0.29) is 24.1 Å². The van der Waals surface area contributed by atoms with Gasteiger partial charge in [0.1, 0.15) is 5.69 Å². The zero-order chi connectivity index (χ0) is 15.0. The van der Waals surface area contributed by atoms with Crippen LogP contribution in [0.25, 0.3) is 0 Å². The molecule has 1 aromatic heterocycles. The van der Waals surface area contributed by atoms with E-state index in [9.17, 15) is 14.4 Å². The monoisotopic (exact) mass is 288 g/mol. The van der Waals surface area contributed by atoms with E-state index in [0.717, 1.165) is 25.7 Å². The molecule has 0 radical (unpaired) electrons. The van der Waals surface area contributed by atoms with Crippen molar-refractivity contribution in [2.75, 3.05) is 0 Å². The normalized spacial score (nSPS) is 20.5. The first-order valence-electron chi connectivity index (χ1n) is 7.05. The number of amides is 2. The molecule has 21 heavy (non-hydrogen) atoms. The van der Waals surface area contributed by atoms with E-state index < -0.39 is 11.4 Å². The van der Waals surface area contributed by atoms with Crippen molar-refractivity contribution in [1.29, 1.82) is 0 Å². The highest BCUT2D eigenvalue weighted by Crippen LogP contribution is 2.47. The van der Waals surface area contributed by atoms with Crippen LogP contribution in [0.5, 0.6) is 0 Å². The number of likely N-dealkylation sites (tertiary alicyclic amines) is 1. The van der Waals surface area contributed by atoms with Crippen LogP contribution in [0.15, 0.2) is 18.3 Å². The molecule has 2 fully saturated rings. The van der Waals surface area contributed by atoms with Crippen molar-refractivity contribution in [3.8, 4) is 0 Å². The Balaban J connectivity index is 1.77. The summed E-state index contributed by atoms with van der Waals surface area (Å²) in [5.41, 5.74) is 0.146. The average molecular weight is 288 g/mol. The molecule has 2 amide bonds. The molecule has 2 aliphatic rings. The third-order valence-corrected chi connectivity index (χ3v) is 4.43. The second-order valence-electron chi connectivity index (χ2n) is 5.81. The second kappa shape index (κ2) is 4.95. The third kappa shape index (κ3) is 2.30. The minimum absolute atomic E-state index is 0.0508. The van der Waals surface area contributed by atoms with Gasteiger partial charge in [-0.2, -0.15) is 0 Å². The zero-order valence-corrected chi connectivity index (χ0v) is 11.5. The first-order valence-corrected chi connectivity index (χ1v) is 7.05. The number of rotatable bonds is 3. The van der Waals surface area contributed by atoms with Crippen molar-refractivity contribution >= 4 is 17.8 Å². The number of hydrogen-bond donors (Lipinski definition) is 1. The lowest BCUT2D eigenvalue weighted by molar-refractivity contribution is -0.142. The van der Waals surface area contributed by atoms with Gasteiger partial charge in [0.25, 0.3) is 0 Å². The maximum Gasteiger partial charge on any atom is 0.354 e.